The van der Waals surface area contributed by atoms with Crippen LogP contribution in [0.5, 0.6) is 0 Å². The first-order chi connectivity index (χ1) is 28.3. The van der Waals surface area contributed by atoms with Crippen LogP contribution in [-0.4, -0.2) is 28.7 Å². The molecule has 0 aliphatic carbocycles. The van der Waals surface area contributed by atoms with Gasteiger partial charge in [0.25, 0.3) is 0 Å². The second-order valence-electron chi connectivity index (χ2n) is 14.5. The summed E-state index contributed by atoms with van der Waals surface area (Å²) in [6.07, 6.45) is 0. The predicted molar refractivity (Wildman–Crippen MR) is 234 cm³/mol. The Balaban J connectivity index is 1.01. The van der Waals surface area contributed by atoms with E-state index in [0.717, 1.165) is 55.3 Å². The molecular weight excluding hydrogens is 697 g/mol. The molecule has 4 heterocycles. The quantitative estimate of drug-likeness (QED) is 0.177. The van der Waals surface area contributed by atoms with Crippen LogP contribution in [-0.2, 0) is 0 Å². The molecule has 0 atom stereocenters. The van der Waals surface area contributed by atoms with Crippen LogP contribution in [0.2, 0.25) is 0 Å². The molecule has 57 heavy (non-hydrogen) atoms. The fourth-order valence-corrected chi connectivity index (χ4v) is 8.79. The maximum atomic E-state index is 5.17. The molecule has 12 aromatic rings. The third-order valence-electron chi connectivity index (χ3n) is 11.3. The fraction of sp³-hybridized carbons (Fsp3) is 0. The number of para-hydroxylation sites is 5. The average molecular weight is 729 g/mol. The van der Waals surface area contributed by atoms with Crippen LogP contribution in [0.25, 0.3) is 106 Å². The van der Waals surface area contributed by atoms with Gasteiger partial charge in [-0.15, -0.1) is 0 Å². The smallest absolute Gasteiger partial charge is 0.238 e. The van der Waals surface area contributed by atoms with Crippen molar-refractivity contribution in [3.05, 3.63) is 194 Å². The lowest BCUT2D eigenvalue weighted by molar-refractivity contribution is 0.953. The van der Waals surface area contributed by atoms with Crippen LogP contribution >= 0.6 is 0 Å². The zero-order valence-corrected chi connectivity index (χ0v) is 30.7. The lowest BCUT2D eigenvalue weighted by atomic mass is 10.1. The molecule has 6 nitrogen and oxygen atoms in total. The first-order valence-corrected chi connectivity index (χ1v) is 19.2. The van der Waals surface area contributed by atoms with Crippen molar-refractivity contribution in [1.82, 2.24) is 28.7 Å². The van der Waals surface area contributed by atoms with Crippen LogP contribution in [0.3, 0.4) is 0 Å². The standard InChI is InChI=1S/C51H32N6/c1-2-14-33(15-3-1)49-52-50(54-51(53-49)57-46-24-12-6-18-39(46)40-19-7-13-25-47(40)57)34-26-28-35(29-27-34)55-45-23-11-8-20-41(45)42-32-36(30-31-48(42)55)56-43-21-9-4-16-37(43)38-17-5-10-22-44(38)56/h1-32H. The highest BCUT2D eigenvalue weighted by atomic mass is 15.2. The molecule has 12 rings (SSSR count). The van der Waals surface area contributed by atoms with Gasteiger partial charge in [0.2, 0.25) is 5.95 Å². The van der Waals surface area contributed by atoms with E-state index >= 15 is 0 Å². The molecule has 0 aliphatic heterocycles. The van der Waals surface area contributed by atoms with Crippen molar-refractivity contribution in [3.8, 4) is 40.1 Å². The summed E-state index contributed by atoms with van der Waals surface area (Å²) >= 11 is 0. The Morgan fingerprint density at radius 3 is 1.14 bits per heavy atom. The van der Waals surface area contributed by atoms with Crippen LogP contribution in [0, 0.1) is 0 Å². The summed E-state index contributed by atoms with van der Waals surface area (Å²) < 4.78 is 6.90. The number of rotatable bonds is 5. The monoisotopic (exact) mass is 728 g/mol. The summed E-state index contributed by atoms with van der Waals surface area (Å²) in [4.78, 5) is 15.3. The van der Waals surface area contributed by atoms with Gasteiger partial charge in [-0.1, -0.05) is 121 Å². The Morgan fingerprint density at radius 1 is 0.263 bits per heavy atom. The molecular formula is C51H32N6. The third-order valence-corrected chi connectivity index (χ3v) is 11.3. The molecule has 266 valence electrons. The number of aromatic nitrogens is 6. The highest BCUT2D eigenvalue weighted by Crippen LogP contribution is 2.38. The normalized spacial score (nSPS) is 11.9. The fourth-order valence-electron chi connectivity index (χ4n) is 8.79. The SMILES string of the molecule is c1ccc(-c2nc(-c3ccc(-n4c5ccccc5c5cc(-n6c7ccccc7c7ccccc76)ccc54)cc3)nc(-n3c4ccccc4c4ccccc43)n2)cc1. The van der Waals surface area contributed by atoms with Crippen molar-refractivity contribution in [2.75, 3.05) is 0 Å². The largest absolute Gasteiger partial charge is 0.309 e. The summed E-state index contributed by atoms with van der Waals surface area (Å²) in [6.45, 7) is 0. The van der Waals surface area contributed by atoms with Crippen molar-refractivity contribution in [2.45, 2.75) is 0 Å². The Bertz CT molecular complexity index is 3410. The average Bonchev–Trinajstić information content (AvgIpc) is 3.92. The van der Waals surface area contributed by atoms with E-state index in [9.17, 15) is 0 Å². The zero-order valence-electron chi connectivity index (χ0n) is 30.7. The molecule has 0 saturated carbocycles. The third kappa shape index (κ3) is 4.81. The highest BCUT2D eigenvalue weighted by Gasteiger charge is 2.19. The van der Waals surface area contributed by atoms with Crippen molar-refractivity contribution in [3.63, 3.8) is 0 Å². The maximum Gasteiger partial charge on any atom is 0.238 e. The number of benzene rings is 8. The van der Waals surface area contributed by atoms with Gasteiger partial charge in [0.15, 0.2) is 11.6 Å². The molecule has 4 aromatic heterocycles. The van der Waals surface area contributed by atoms with E-state index in [2.05, 4.69) is 177 Å². The van der Waals surface area contributed by atoms with Crippen LogP contribution < -0.4 is 0 Å². The molecule has 0 amide bonds. The van der Waals surface area contributed by atoms with Crippen LogP contribution in [0.1, 0.15) is 0 Å². The summed E-state index contributed by atoms with van der Waals surface area (Å²) in [5, 5.41) is 7.25. The number of nitrogens with zero attached hydrogens (tertiary/aromatic N) is 6. The van der Waals surface area contributed by atoms with E-state index < -0.39 is 0 Å². The van der Waals surface area contributed by atoms with Gasteiger partial charge < -0.3 is 9.13 Å². The zero-order chi connectivity index (χ0) is 37.5. The maximum absolute atomic E-state index is 5.17. The second-order valence-corrected chi connectivity index (χ2v) is 14.5. The van der Waals surface area contributed by atoms with E-state index in [1.807, 2.05) is 30.3 Å². The molecule has 0 spiro atoms. The number of hydrogen-bond acceptors (Lipinski definition) is 3. The minimum atomic E-state index is 0.585. The summed E-state index contributed by atoms with van der Waals surface area (Å²) in [6, 6.07) is 68.5. The van der Waals surface area contributed by atoms with E-state index in [1.165, 1.54) is 32.6 Å². The molecule has 8 aromatic carbocycles. The van der Waals surface area contributed by atoms with Gasteiger partial charge in [-0.25, -0.2) is 4.98 Å². The summed E-state index contributed by atoms with van der Waals surface area (Å²) in [5.74, 6) is 1.83. The lowest BCUT2D eigenvalue weighted by Gasteiger charge is -2.12. The van der Waals surface area contributed by atoms with Gasteiger partial charge in [0.05, 0.1) is 33.1 Å². The van der Waals surface area contributed by atoms with Crippen LogP contribution in [0.15, 0.2) is 194 Å². The van der Waals surface area contributed by atoms with Gasteiger partial charge >= 0.3 is 0 Å². The molecule has 0 fully saturated rings. The summed E-state index contributed by atoms with van der Waals surface area (Å²) in [5.41, 5.74) is 10.9. The van der Waals surface area contributed by atoms with Gasteiger partial charge in [0.1, 0.15) is 0 Å². The Hall–Kier alpha value is -7.83. The lowest BCUT2D eigenvalue weighted by Crippen LogP contribution is -2.06. The van der Waals surface area contributed by atoms with Crippen molar-refractivity contribution in [1.29, 1.82) is 0 Å². The van der Waals surface area contributed by atoms with Gasteiger partial charge in [-0.2, -0.15) is 9.97 Å². The second kappa shape index (κ2) is 12.3. The molecule has 0 N–H and O–H groups in total. The predicted octanol–water partition coefficient (Wildman–Crippen LogP) is 12.5. The first-order valence-electron chi connectivity index (χ1n) is 19.2. The van der Waals surface area contributed by atoms with E-state index in [4.69, 9.17) is 15.0 Å². The van der Waals surface area contributed by atoms with Crippen molar-refractivity contribution < 1.29 is 0 Å². The molecule has 0 unspecified atom stereocenters. The van der Waals surface area contributed by atoms with Gasteiger partial charge in [0, 0.05) is 54.8 Å². The number of hydrogen-bond donors (Lipinski definition) is 0. The molecule has 6 heteroatoms. The van der Waals surface area contributed by atoms with E-state index in [-0.39, 0.29) is 0 Å². The Labute approximate surface area is 327 Å². The van der Waals surface area contributed by atoms with Crippen molar-refractivity contribution >= 4 is 65.4 Å². The molecule has 0 aliphatic rings. The van der Waals surface area contributed by atoms with Crippen LogP contribution in [0.4, 0.5) is 0 Å². The van der Waals surface area contributed by atoms with E-state index in [1.54, 1.807) is 0 Å². The highest BCUT2D eigenvalue weighted by molar-refractivity contribution is 6.12. The van der Waals surface area contributed by atoms with Crippen molar-refractivity contribution in [2.24, 2.45) is 0 Å². The topological polar surface area (TPSA) is 53.5 Å². The molecule has 0 saturated heterocycles. The summed E-state index contributed by atoms with van der Waals surface area (Å²) in [7, 11) is 0. The Kier molecular flexibility index (Phi) is 6.83. The minimum Gasteiger partial charge on any atom is -0.309 e. The molecule has 0 radical (unpaired) electrons. The van der Waals surface area contributed by atoms with Gasteiger partial charge in [-0.3, -0.25) is 4.57 Å². The van der Waals surface area contributed by atoms with Gasteiger partial charge in [-0.05, 0) is 72.8 Å². The van der Waals surface area contributed by atoms with E-state index in [0.29, 0.717) is 17.6 Å². The minimum absolute atomic E-state index is 0.585. The Morgan fingerprint density at radius 2 is 0.632 bits per heavy atom. The molecule has 0 bridgehead atoms. The first kappa shape index (κ1) is 31.5. The number of fused-ring (bicyclic) bond motifs is 9.